The summed E-state index contributed by atoms with van der Waals surface area (Å²) < 4.78 is 16.3. The number of fused-ring (bicyclic) bond motifs is 1. The van der Waals surface area contributed by atoms with Crippen LogP contribution in [0.2, 0.25) is 0 Å². The fraction of sp³-hybridized carbons (Fsp3) is 0.526. The van der Waals surface area contributed by atoms with Crippen molar-refractivity contribution in [1.29, 1.82) is 0 Å². The number of nitrogens with zero attached hydrogens (tertiary/aromatic N) is 2. The molecule has 2 heterocycles. The van der Waals surface area contributed by atoms with Crippen LogP contribution < -0.4 is 14.8 Å². The molecule has 1 aliphatic heterocycles. The minimum Gasteiger partial charge on any atom is -0.496 e. The largest absolute Gasteiger partial charge is 0.496 e. The summed E-state index contributed by atoms with van der Waals surface area (Å²) in [5, 5.41) is 4.44. The molecule has 1 fully saturated rings. The molecule has 0 unspecified atom stereocenters. The molecule has 1 saturated heterocycles. The fourth-order valence-electron chi connectivity index (χ4n) is 3.24. The van der Waals surface area contributed by atoms with E-state index in [4.69, 9.17) is 19.2 Å². The Labute approximate surface area is 149 Å². The van der Waals surface area contributed by atoms with Gasteiger partial charge in [-0.25, -0.2) is 4.98 Å². The van der Waals surface area contributed by atoms with E-state index in [1.807, 2.05) is 12.1 Å². The van der Waals surface area contributed by atoms with E-state index in [1.54, 1.807) is 14.2 Å². The number of hydrogen-bond donors (Lipinski definition) is 1. The van der Waals surface area contributed by atoms with Crippen LogP contribution in [0.25, 0.3) is 10.9 Å². The van der Waals surface area contributed by atoms with Crippen LogP contribution in [0, 0.1) is 6.92 Å². The van der Waals surface area contributed by atoms with Gasteiger partial charge in [0.1, 0.15) is 22.8 Å². The third-order valence-corrected chi connectivity index (χ3v) is 4.58. The van der Waals surface area contributed by atoms with Crippen molar-refractivity contribution in [2.24, 2.45) is 0 Å². The maximum Gasteiger partial charge on any atom is 0.145 e. The van der Waals surface area contributed by atoms with E-state index in [-0.39, 0.29) is 0 Å². The zero-order chi connectivity index (χ0) is 17.6. The van der Waals surface area contributed by atoms with Gasteiger partial charge >= 0.3 is 0 Å². The summed E-state index contributed by atoms with van der Waals surface area (Å²) in [7, 11) is 3.35. The third kappa shape index (κ3) is 4.14. The number of hydrogen-bond acceptors (Lipinski definition) is 6. The summed E-state index contributed by atoms with van der Waals surface area (Å²) in [6, 6.07) is 5.89. The van der Waals surface area contributed by atoms with Crippen molar-refractivity contribution in [2.45, 2.75) is 13.3 Å². The topological polar surface area (TPSA) is 55.9 Å². The lowest BCUT2D eigenvalue weighted by molar-refractivity contribution is 0.0378. The summed E-state index contributed by atoms with van der Waals surface area (Å²) in [5.41, 5.74) is 1.95. The molecule has 136 valence electrons. The Morgan fingerprint density at radius 1 is 1.16 bits per heavy atom. The highest BCUT2D eigenvalue weighted by molar-refractivity contribution is 5.94. The second kappa shape index (κ2) is 8.36. The molecule has 1 aromatic heterocycles. The smallest absolute Gasteiger partial charge is 0.145 e. The van der Waals surface area contributed by atoms with Crippen molar-refractivity contribution in [3.63, 3.8) is 0 Å². The Kier molecular flexibility index (Phi) is 5.94. The van der Waals surface area contributed by atoms with Crippen LogP contribution in [0.1, 0.15) is 12.0 Å². The first kappa shape index (κ1) is 17.8. The maximum absolute atomic E-state index is 5.48. The molecule has 25 heavy (non-hydrogen) atoms. The molecule has 3 rings (SSSR count). The first-order valence-corrected chi connectivity index (χ1v) is 8.79. The van der Waals surface area contributed by atoms with Crippen LogP contribution >= 0.6 is 0 Å². The molecule has 0 aliphatic carbocycles. The standard InChI is InChI=1S/C19H27N3O3/c1-14-13-17(20-7-4-8-22-9-11-25-12-10-22)21-19-16(24-3)6-5-15(23-2)18(14)19/h5-6,13H,4,7-12H2,1-3H3,(H,20,21). The monoisotopic (exact) mass is 345 g/mol. The van der Waals surface area contributed by atoms with Crippen molar-refractivity contribution in [1.82, 2.24) is 9.88 Å². The van der Waals surface area contributed by atoms with Gasteiger partial charge in [0.25, 0.3) is 0 Å². The minimum absolute atomic E-state index is 0.760. The van der Waals surface area contributed by atoms with Crippen LogP contribution in [0.5, 0.6) is 11.5 Å². The van der Waals surface area contributed by atoms with Gasteiger partial charge in [-0.2, -0.15) is 0 Å². The molecule has 0 atom stereocenters. The Hall–Kier alpha value is -2.05. The average Bonchev–Trinajstić information content (AvgIpc) is 2.65. The van der Waals surface area contributed by atoms with E-state index in [0.29, 0.717) is 0 Å². The molecule has 6 heteroatoms. The number of morpholine rings is 1. The summed E-state index contributed by atoms with van der Waals surface area (Å²) in [6.45, 7) is 7.81. The number of anilines is 1. The second-order valence-electron chi connectivity index (χ2n) is 6.25. The first-order chi connectivity index (χ1) is 12.2. The van der Waals surface area contributed by atoms with Crippen molar-refractivity contribution in [3.8, 4) is 11.5 Å². The molecular weight excluding hydrogens is 318 g/mol. The minimum atomic E-state index is 0.760. The van der Waals surface area contributed by atoms with Crippen molar-refractivity contribution in [2.75, 3.05) is 58.9 Å². The van der Waals surface area contributed by atoms with Crippen LogP contribution in [-0.2, 0) is 4.74 Å². The van der Waals surface area contributed by atoms with Gasteiger partial charge in [0, 0.05) is 25.0 Å². The normalized spacial score (nSPS) is 15.3. The molecular formula is C19H27N3O3. The van der Waals surface area contributed by atoms with Gasteiger partial charge in [-0.1, -0.05) is 0 Å². The molecule has 1 aliphatic rings. The van der Waals surface area contributed by atoms with Crippen LogP contribution in [0.4, 0.5) is 5.82 Å². The lowest BCUT2D eigenvalue weighted by atomic mass is 10.1. The Bertz CT molecular complexity index is 715. The predicted octanol–water partition coefficient (Wildman–Crippen LogP) is 2.69. The molecule has 1 aromatic carbocycles. The fourth-order valence-corrected chi connectivity index (χ4v) is 3.24. The van der Waals surface area contributed by atoms with E-state index >= 15 is 0 Å². The maximum atomic E-state index is 5.48. The van der Waals surface area contributed by atoms with Crippen molar-refractivity contribution in [3.05, 3.63) is 23.8 Å². The zero-order valence-corrected chi connectivity index (χ0v) is 15.3. The Balaban J connectivity index is 1.69. The number of rotatable bonds is 7. The third-order valence-electron chi connectivity index (χ3n) is 4.58. The average molecular weight is 345 g/mol. The lowest BCUT2D eigenvalue weighted by Crippen LogP contribution is -2.37. The summed E-state index contributed by atoms with van der Waals surface area (Å²) in [6.07, 6.45) is 1.08. The van der Waals surface area contributed by atoms with Gasteiger partial charge < -0.3 is 19.5 Å². The molecule has 0 bridgehead atoms. The number of nitrogens with one attached hydrogen (secondary N) is 1. The van der Waals surface area contributed by atoms with Gasteiger partial charge in [0.15, 0.2) is 0 Å². The summed E-state index contributed by atoms with van der Waals surface area (Å²) >= 11 is 0. The first-order valence-electron chi connectivity index (χ1n) is 8.79. The molecule has 0 spiro atoms. The molecule has 1 N–H and O–H groups in total. The number of pyridine rings is 1. The van der Waals surface area contributed by atoms with Gasteiger partial charge in [-0.3, -0.25) is 4.90 Å². The van der Waals surface area contributed by atoms with E-state index in [1.165, 1.54) is 0 Å². The van der Waals surface area contributed by atoms with Crippen LogP contribution in [0.3, 0.4) is 0 Å². The van der Waals surface area contributed by atoms with Gasteiger partial charge in [-0.15, -0.1) is 0 Å². The van der Waals surface area contributed by atoms with Crippen molar-refractivity contribution >= 4 is 16.7 Å². The van der Waals surface area contributed by atoms with E-state index in [0.717, 1.165) is 79.6 Å². The highest BCUT2D eigenvalue weighted by Gasteiger charge is 2.13. The number of methoxy groups -OCH3 is 2. The quantitative estimate of drug-likeness (QED) is 0.779. The second-order valence-corrected chi connectivity index (χ2v) is 6.25. The number of aromatic nitrogens is 1. The number of benzene rings is 1. The van der Waals surface area contributed by atoms with E-state index < -0.39 is 0 Å². The summed E-state index contributed by atoms with van der Waals surface area (Å²) in [5.74, 6) is 2.45. The number of aryl methyl sites for hydroxylation is 1. The predicted molar refractivity (Wildman–Crippen MR) is 99.9 cm³/mol. The highest BCUT2D eigenvalue weighted by Crippen LogP contribution is 2.35. The molecule has 6 nitrogen and oxygen atoms in total. The molecule has 0 radical (unpaired) electrons. The van der Waals surface area contributed by atoms with Crippen molar-refractivity contribution < 1.29 is 14.2 Å². The van der Waals surface area contributed by atoms with E-state index in [9.17, 15) is 0 Å². The van der Waals surface area contributed by atoms with Crippen LogP contribution in [0.15, 0.2) is 18.2 Å². The highest BCUT2D eigenvalue weighted by atomic mass is 16.5. The molecule has 0 amide bonds. The van der Waals surface area contributed by atoms with Gasteiger partial charge in [0.05, 0.1) is 27.4 Å². The molecule has 0 saturated carbocycles. The van der Waals surface area contributed by atoms with Crippen LogP contribution in [-0.4, -0.2) is 63.5 Å². The summed E-state index contributed by atoms with van der Waals surface area (Å²) in [4.78, 5) is 7.19. The van der Waals surface area contributed by atoms with Gasteiger partial charge in [0.2, 0.25) is 0 Å². The molecule has 2 aromatic rings. The Morgan fingerprint density at radius 2 is 1.88 bits per heavy atom. The zero-order valence-electron chi connectivity index (χ0n) is 15.3. The number of ether oxygens (including phenoxy) is 3. The Morgan fingerprint density at radius 3 is 2.60 bits per heavy atom. The van der Waals surface area contributed by atoms with E-state index in [2.05, 4.69) is 23.2 Å². The SMILES string of the molecule is COc1ccc(OC)c2c(C)cc(NCCCN3CCOCC3)nc12. The van der Waals surface area contributed by atoms with Gasteiger partial charge in [-0.05, 0) is 43.7 Å². The lowest BCUT2D eigenvalue weighted by Gasteiger charge is -2.26.